The van der Waals surface area contributed by atoms with Gasteiger partial charge in [-0.1, -0.05) is 19.9 Å². The third-order valence-corrected chi connectivity index (χ3v) is 8.06. The third kappa shape index (κ3) is 4.04. The lowest BCUT2D eigenvalue weighted by molar-refractivity contribution is 0.0732. The van der Waals surface area contributed by atoms with Crippen molar-refractivity contribution in [2.24, 2.45) is 0 Å². The van der Waals surface area contributed by atoms with Crippen molar-refractivity contribution in [1.29, 1.82) is 0 Å². The zero-order valence-electron chi connectivity index (χ0n) is 23.9. The number of benzene rings is 2. The van der Waals surface area contributed by atoms with Crippen LogP contribution in [0.25, 0.3) is 28.0 Å². The van der Waals surface area contributed by atoms with Crippen LogP contribution in [0.3, 0.4) is 0 Å². The number of allylic oxidation sites excluding steroid dienone is 1. The van der Waals surface area contributed by atoms with Gasteiger partial charge in [-0.25, -0.2) is 9.59 Å². The first-order chi connectivity index (χ1) is 19.1. The number of phenolic OH excluding ortho intramolecular Hbond substituents is 2. The van der Waals surface area contributed by atoms with Crippen LogP contribution in [0.1, 0.15) is 76.1 Å². The van der Waals surface area contributed by atoms with Gasteiger partial charge in [-0.3, -0.25) is 0 Å². The molecule has 4 aromatic rings. The van der Waals surface area contributed by atoms with E-state index in [0.29, 0.717) is 50.9 Å². The van der Waals surface area contributed by atoms with Crippen molar-refractivity contribution >= 4 is 28.0 Å². The number of phenols is 2. The van der Waals surface area contributed by atoms with E-state index in [1.54, 1.807) is 12.2 Å². The van der Waals surface area contributed by atoms with Crippen LogP contribution in [-0.2, 0) is 5.41 Å². The summed E-state index contributed by atoms with van der Waals surface area (Å²) in [4.78, 5) is 24.9. The molecule has 2 aromatic carbocycles. The fourth-order valence-electron chi connectivity index (χ4n) is 6.02. The minimum Gasteiger partial charge on any atom is -0.507 e. The zero-order chi connectivity index (χ0) is 29.6. The number of fused-ring (bicyclic) bond motifs is 4. The minimum atomic E-state index is -0.787. The average Bonchev–Trinajstić information content (AvgIpc) is 2.87. The fraction of sp³-hybridized carbons (Fsp3) is 0.333. The molecule has 4 heterocycles. The van der Waals surface area contributed by atoms with Gasteiger partial charge in [0.25, 0.3) is 0 Å². The smallest absolute Gasteiger partial charge is 0.336 e. The molecule has 6 rings (SSSR count). The van der Waals surface area contributed by atoms with Crippen molar-refractivity contribution < 1.29 is 28.5 Å². The van der Waals surface area contributed by atoms with Gasteiger partial charge < -0.3 is 28.5 Å². The highest BCUT2D eigenvalue weighted by Crippen LogP contribution is 2.59. The summed E-state index contributed by atoms with van der Waals surface area (Å²) in [5.74, 6) is -0.0989. The van der Waals surface area contributed by atoms with Crippen LogP contribution in [-0.4, -0.2) is 21.4 Å². The Kier molecular flexibility index (Phi) is 5.56. The van der Waals surface area contributed by atoms with E-state index in [0.717, 1.165) is 0 Å². The molecule has 2 aromatic heterocycles. The van der Waals surface area contributed by atoms with Crippen molar-refractivity contribution in [1.82, 2.24) is 0 Å². The Morgan fingerprint density at radius 3 is 2.12 bits per heavy atom. The van der Waals surface area contributed by atoms with Gasteiger partial charge in [0.1, 0.15) is 45.4 Å². The van der Waals surface area contributed by atoms with Gasteiger partial charge >= 0.3 is 11.3 Å². The van der Waals surface area contributed by atoms with Gasteiger partial charge in [0.15, 0.2) is 0 Å². The zero-order valence-corrected chi connectivity index (χ0v) is 23.9. The Balaban J connectivity index is 1.83. The molecule has 0 amide bonds. The molecule has 0 fully saturated rings. The van der Waals surface area contributed by atoms with Gasteiger partial charge in [0.2, 0.25) is 0 Å². The maximum absolute atomic E-state index is 12.6. The summed E-state index contributed by atoms with van der Waals surface area (Å²) in [6.45, 7) is 15.5. The predicted molar refractivity (Wildman–Crippen MR) is 156 cm³/mol. The van der Waals surface area contributed by atoms with E-state index >= 15 is 0 Å². The summed E-state index contributed by atoms with van der Waals surface area (Å²) < 4.78 is 24.5. The maximum Gasteiger partial charge on any atom is 0.336 e. The second-order valence-electron chi connectivity index (χ2n) is 12.5. The lowest BCUT2D eigenvalue weighted by Gasteiger charge is -2.42. The van der Waals surface area contributed by atoms with Gasteiger partial charge in [-0.2, -0.15) is 0 Å². The second-order valence-corrected chi connectivity index (χ2v) is 12.5. The Hall–Kier alpha value is -4.46. The molecule has 0 saturated heterocycles. The molecule has 1 atom stereocenters. The van der Waals surface area contributed by atoms with Crippen LogP contribution in [0, 0.1) is 0 Å². The standard InChI is InChI=1S/C33H32O8/c1-8-31(2,3)24-29-17(10-12-21(35)39-29)26(37)22-19(15-33(6,7)41-30(22)24)23-27-16(9-11-20(34)38-27)25(36)18-13-14-32(4,5)40-28(18)23/h8-14,19,36-37H,1,15H2,2-7H3/t19-/m1/s1. The summed E-state index contributed by atoms with van der Waals surface area (Å²) in [7, 11) is 0. The summed E-state index contributed by atoms with van der Waals surface area (Å²) in [6, 6.07) is 5.58. The first kappa shape index (κ1) is 26.7. The molecule has 0 spiro atoms. The number of aromatic hydroxyl groups is 2. The number of hydrogen-bond acceptors (Lipinski definition) is 8. The molecule has 8 heteroatoms. The Labute approximate surface area is 236 Å². The quantitative estimate of drug-likeness (QED) is 0.213. The van der Waals surface area contributed by atoms with Crippen LogP contribution in [0.2, 0.25) is 0 Å². The molecule has 2 aliphatic rings. The normalized spacial score (nSPS) is 18.8. The van der Waals surface area contributed by atoms with E-state index in [1.165, 1.54) is 24.3 Å². The summed E-state index contributed by atoms with van der Waals surface area (Å²) >= 11 is 0. The highest BCUT2D eigenvalue weighted by atomic mass is 16.5. The van der Waals surface area contributed by atoms with Crippen molar-refractivity contribution in [2.45, 2.75) is 70.5 Å². The minimum absolute atomic E-state index is 0.0706. The van der Waals surface area contributed by atoms with Gasteiger partial charge in [-0.05, 0) is 58.4 Å². The molecule has 0 radical (unpaired) electrons. The van der Waals surface area contributed by atoms with Crippen LogP contribution in [0.5, 0.6) is 23.0 Å². The van der Waals surface area contributed by atoms with Crippen molar-refractivity contribution in [2.75, 3.05) is 0 Å². The molecule has 0 saturated carbocycles. The average molecular weight is 557 g/mol. The van der Waals surface area contributed by atoms with Crippen molar-refractivity contribution in [3.8, 4) is 23.0 Å². The van der Waals surface area contributed by atoms with E-state index in [4.69, 9.17) is 18.3 Å². The molecule has 0 aliphatic carbocycles. The molecule has 2 aliphatic heterocycles. The van der Waals surface area contributed by atoms with Gasteiger partial charge in [0, 0.05) is 40.2 Å². The van der Waals surface area contributed by atoms with Gasteiger partial charge in [0.05, 0.1) is 16.3 Å². The van der Waals surface area contributed by atoms with Crippen LogP contribution < -0.4 is 20.7 Å². The molecule has 0 bridgehead atoms. The lowest BCUT2D eigenvalue weighted by Crippen LogP contribution is -2.37. The van der Waals surface area contributed by atoms with Crippen molar-refractivity contribution in [3.05, 3.63) is 86.1 Å². The van der Waals surface area contributed by atoms with Crippen LogP contribution in [0.15, 0.2) is 61.4 Å². The second kappa shape index (κ2) is 8.52. The summed E-state index contributed by atoms with van der Waals surface area (Å²) in [5, 5.41) is 23.8. The van der Waals surface area contributed by atoms with Gasteiger partial charge in [-0.15, -0.1) is 6.58 Å². The molecule has 0 unspecified atom stereocenters. The Morgan fingerprint density at radius 1 is 0.878 bits per heavy atom. The fourth-order valence-corrected chi connectivity index (χ4v) is 6.02. The van der Waals surface area contributed by atoms with E-state index in [-0.39, 0.29) is 22.7 Å². The number of hydrogen-bond donors (Lipinski definition) is 2. The van der Waals surface area contributed by atoms with Crippen LogP contribution >= 0.6 is 0 Å². The highest BCUT2D eigenvalue weighted by molar-refractivity contribution is 5.96. The summed E-state index contributed by atoms with van der Waals surface area (Å²) in [5.41, 5.74) is -1.08. The Bertz CT molecular complexity index is 1930. The molecule has 212 valence electrons. The Morgan fingerprint density at radius 2 is 1.49 bits per heavy atom. The highest BCUT2D eigenvalue weighted by Gasteiger charge is 2.45. The first-order valence-electron chi connectivity index (χ1n) is 13.5. The molecule has 2 N–H and O–H groups in total. The topological polar surface area (TPSA) is 119 Å². The van der Waals surface area contributed by atoms with E-state index < -0.39 is 33.8 Å². The van der Waals surface area contributed by atoms with E-state index in [2.05, 4.69) is 6.58 Å². The summed E-state index contributed by atoms with van der Waals surface area (Å²) in [6.07, 6.45) is 5.75. The van der Waals surface area contributed by atoms with E-state index in [1.807, 2.05) is 47.6 Å². The molecular weight excluding hydrogens is 524 g/mol. The van der Waals surface area contributed by atoms with E-state index in [9.17, 15) is 19.8 Å². The molecular formula is C33H32O8. The maximum atomic E-state index is 12.6. The van der Waals surface area contributed by atoms with Crippen molar-refractivity contribution in [3.63, 3.8) is 0 Å². The number of rotatable bonds is 3. The largest absolute Gasteiger partial charge is 0.507 e. The SMILES string of the molecule is C=CC(C)(C)c1c2c(c(O)c3ccc(=O)oc13)[C@H](c1c3c(c(O)c4ccc(=O)oc14)C=CC(C)(C)O3)CC(C)(C)O2. The predicted octanol–water partition coefficient (Wildman–Crippen LogP) is 6.65. The lowest BCUT2D eigenvalue weighted by atomic mass is 9.73. The molecule has 8 nitrogen and oxygen atoms in total. The number of ether oxygens (including phenoxy) is 2. The molecule has 41 heavy (non-hydrogen) atoms. The van der Waals surface area contributed by atoms with Crippen LogP contribution in [0.4, 0.5) is 0 Å². The first-order valence-corrected chi connectivity index (χ1v) is 13.5. The monoisotopic (exact) mass is 556 g/mol. The third-order valence-electron chi connectivity index (χ3n) is 8.06.